The van der Waals surface area contributed by atoms with Crippen LogP contribution in [0.5, 0.6) is 11.5 Å². The van der Waals surface area contributed by atoms with Crippen LogP contribution in [-0.4, -0.2) is 29.8 Å². The molecule has 1 saturated carbocycles. The van der Waals surface area contributed by atoms with Crippen molar-refractivity contribution in [3.8, 4) is 11.5 Å². The molecule has 0 bridgehead atoms. The summed E-state index contributed by atoms with van der Waals surface area (Å²) in [6, 6.07) is 14.1. The average molecular weight is 493 g/mol. The van der Waals surface area contributed by atoms with Gasteiger partial charge in [-0.15, -0.1) is 0 Å². The molecule has 1 heterocycles. The lowest BCUT2D eigenvalue weighted by molar-refractivity contribution is 0.00647. The molecule has 7 heteroatoms. The molecule has 0 saturated heterocycles. The number of aromatic nitrogens is 1. The molecule has 0 N–H and O–H groups in total. The van der Waals surface area contributed by atoms with Crippen LogP contribution in [0.3, 0.4) is 0 Å². The number of hydrogen-bond donors (Lipinski definition) is 0. The standard InChI is InChI=1S/C29H33FN2O4/c1-29(2,3)36-28(33)24-13-11-21(16-25(24)30)32(19-20-8-7-15-31-18-20)22-12-14-26(34-4)27(17-22)35-23-9-5-6-10-23/h7-8,11-18,23H,5-6,9-10,19H2,1-4H3. The fraction of sp³-hybridized carbons (Fsp3) is 0.379. The summed E-state index contributed by atoms with van der Waals surface area (Å²) in [5, 5.41) is 0. The Morgan fingerprint density at radius 2 is 1.78 bits per heavy atom. The van der Waals surface area contributed by atoms with Gasteiger partial charge in [0.05, 0.1) is 18.8 Å². The molecule has 0 aliphatic heterocycles. The molecular formula is C29H33FN2O4. The number of hydrogen-bond acceptors (Lipinski definition) is 6. The molecule has 4 rings (SSSR count). The van der Waals surface area contributed by atoms with E-state index in [2.05, 4.69) is 4.98 Å². The van der Waals surface area contributed by atoms with Crippen LogP contribution in [0, 0.1) is 5.82 Å². The molecule has 0 amide bonds. The number of nitrogens with zero attached hydrogens (tertiary/aromatic N) is 2. The zero-order chi connectivity index (χ0) is 25.7. The third-order valence-electron chi connectivity index (χ3n) is 6.00. The molecule has 1 aliphatic carbocycles. The second-order valence-corrected chi connectivity index (χ2v) is 9.97. The van der Waals surface area contributed by atoms with Gasteiger partial charge in [0.15, 0.2) is 11.5 Å². The summed E-state index contributed by atoms with van der Waals surface area (Å²) in [4.78, 5) is 18.7. The summed E-state index contributed by atoms with van der Waals surface area (Å²) in [6.45, 7) is 5.69. The lowest BCUT2D eigenvalue weighted by atomic mass is 10.1. The molecule has 0 unspecified atom stereocenters. The Labute approximate surface area is 212 Å². The van der Waals surface area contributed by atoms with Crippen molar-refractivity contribution in [3.05, 3.63) is 77.9 Å². The second-order valence-electron chi connectivity index (χ2n) is 9.97. The third kappa shape index (κ3) is 6.33. The van der Waals surface area contributed by atoms with Gasteiger partial charge in [0.1, 0.15) is 11.4 Å². The first-order valence-electron chi connectivity index (χ1n) is 12.3. The second kappa shape index (κ2) is 11.0. The first kappa shape index (κ1) is 25.5. The van der Waals surface area contributed by atoms with Crippen LogP contribution in [-0.2, 0) is 11.3 Å². The van der Waals surface area contributed by atoms with Crippen LogP contribution in [0.1, 0.15) is 62.4 Å². The molecule has 6 nitrogen and oxygen atoms in total. The van der Waals surface area contributed by atoms with Crippen molar-refractivity contribution < 1.29 is 23.4 Å². The Bertz CT molecular complexity index is 1190. The van der Waals surface area contributed by atoms with Gasteiger partial charge in [-0.2, -0.15) is 0 Å². The van der Waals surface area contributed by atoms with Gasteiger partial charge in [0.25, 0.3) is 0 Å². The number of methoxy groups -OCH3 is 1. The predicted molar refractivity (Wildman–Crippen MR) is 138 cm³/mol. The van der Waals surface area contributed by atoms with E-state index in [0.717, 1.165) is 36.9 Å². The maximum absolute atomic E-state index is 15.2. The zero-order valence-electron chi connectivity index (χ0n) is 21.3. The number of carbonyl (C=O) groups is 1. The number of anilines is 2. The van der Waals surface area contributed by atoms with Crippen LogP contribution in [0.25, 0.3) is 0 Å². The van der Waals surface area contributed by atoms with Crippen molar-refractivity contribution in [1.82, 2.24) is 4.98 Å². The van der Waals surface area contributed by atoms with Crippen molar-refractivity contribution in [1.29, 1.82) is 0 Å². The molecule has 36 heavy (non-hydrogen) atoms. The first-order chi connectivity index (χ1) is 17.2. The fourth-order valence-corrected chi connectivity index (χ4v) is 4.29. The lowest BCUT2D eigenvalue weighted by Crippen LogP contribution is -2.24. The van der Waals surface area contributed by atoms with E-state index in [1.54, 1.807) is 46.3 Å². The van der Waals surface area contributed by atoms with Crippen molar-refractivity contribution in [2.24, 2.45) is 0 Å². The Hall–Kier alpha value is -3.61. The van der Waals surface area contributed by atoms with Gasteiger partial charge in [-0.05, 0) is 88.4 Å². The molecule has 2 aromatic carbocycles. The van der Waals surface area contributed by atoms with E-state index in [1.165, 1.54) is 12.1 Å². The van der Waals surface area contributed by atoms with Gasteiger partial charge >= 0.3 is 5.97 Å². The quantitative estimate of drug-likeness (QED) is 0.321. The Balaban J connectivity index is 1.70. The highest BCUT2D eigenvalue weighted by atomic mass is 19.1. The highest BCUT2D eigenvalue weighted by Crippen LogP contribution is 2.38. The molecule has 1 aliphatic rings. The van der Waals surface area contributed by atoms with Crippen LogP contribution >= 0.6 is 0 Å². The van der Waals surface area contributed by atoms with Gasteiger partial charge in [0, 0.05) is 36.4 Å². The molecule has 1 aromatic heterocycles. The van der Waals surface area contributed by atoms with E-state index in [1.807, 2.05) is 35.2 Å². The highest BCUT2D eigenvalue weighted by Gasteiger charge is 2.23. The predicted octanol–water partition coefficient (Wildman–Crippen LogP) is 6.84. The number of benzene rings is 2. The van der Waals surface area contributed by atoms with Crippen LogP contribution in [0.2, 0.25) is 0 Å². The minimum absolute atomic E-state index is 0.102. The SMILES string of the molecule is COc1ccc(N(Cc2cccnc2)c2ccc(C(=O)OC(C)(C)C)c(F)c2)cc1OC1CCCC1. The summed E-state index contributed by atoms with van der Waals surface area (Å²) in [5.41, 5.74) is 1.52. The summed E-state index contributed by atoms with van der Waals surface area (Å²) in [6.07, 6.45) is 7.99. The van der Waals surface area contributed by atoms with Crippen molar-refractivity contribution in [3.63, 3.8) is 0 Å². The van der Waals surface area contributed by atoms with E-state index >= 15 is 4.39 Å². The van der Waals surface area contributed by atoms with E-state index < -0.39 is 17.4 Å². The van der Waals surface area contributed by atoms with Gasteiger partial charge in [-0.1, -0.05) is 6.07 Å². The number of halogens is 1. The van der Waals surface area contributed by atoms with Crippen LogP contribution in [0.4, 0.5) is 15.8 Å². The topological polar surface area (TPSA) is 60.9 Å². The summed E-state index contributed by atoms with van der Waals surface area (Å²) in [7, 11) is 1.62. The van der Waals surface area contributed by atoms with Crippen molar-refractivity contribution in [2.75, 3.05) is 12.0 Å². The van der Waals surface area contributed by atoms with Crippen molar-refractivity contribution >= 4 is 17.3 Å². The molecule has 0 atom stereocenters. The van der Waals surface area contributed by atoms with Crippen LogP contribution in [0.15, 0.2) is 60.9 Å². The maximum atomic E-state index is 15.2. The largest absolute Gasteiger partial charge is 0.493 e. The molecular weight excluding hydrogens is 459 g/mol. The lowest BCUT2D eigenvalue weighted by Gasteiger charge is -2.27. The number of ether oxygens (including phenoxy) is 3. The minimum Gasteiger partial charge on any atom is -0.493 e. The van der Waals surface area contributed by atoms with Gasteiger partial charge in [-0.3, -0.25) is 4.98 Å². The Kier molecular flexibility index (Phi) is 7.77. The molecule has 3 aromatic rings. The van der Waals surface area contributed by atoms with Gasteiger partial charge in [0.2, 0.25) is 0 Å². The van der Waals surface area contributed by atoms with E-state index in [-0.39, 0.29) is 11.7 Å². The van der Waals surface area contributed by atoms with E-state index in [4.69, 9.17) is 14.2 Å². The monoisotopic (exact) mass is 492 g/mol. The van der Waals surface area contributed by atoms with Gasteiger partial charge < -0.3 is 19.1 Å². The molecule has 1 fully saturated rings. The zero-order valence-corrected chi connectivity index (χ0v) is 21.3. The summed E-state index contributed by atoms with van der Waals surface area (Å²) < 4.78 is 32.4. The number of rotatable bonds is 8. The summed E-state index contributed by atoms with van der Waals surface area (Å²) in [5.74, 6) is -0.0294. The van der Waals surface area contributed by atoms with E-state index in [9.17, 15) is 4.79 Å². The number of esters is 1. The molecule has 190 valence electrons. The van der Waals surface area contributed by atoms with Crippen molar-refractivity contribution in [2.45, 2.75) is 64.7 Å². The maximum Gasteiger partial charge on any atom is 0.341 e. The minimum atomic E-state index is -0.715. The highest BCUT2D eigenvalue weighted by molar-refractivity contribution is 5.90. The summed E-state index contributed by atoms with van der Waals surface area (Å²) >= 11 is 0. The average Bonchev–Trinajstić information content (AvgIpc) is 3.35. The fourth-order valence-electron chi connectivity index (χ4n) is 4.29. The Morgan fingerprint density at radius 1 is 1.06 bits per heavy atom. The number of carbonyl (C=O) groups excluding carboxylic acids is 1. The number of pyridine rings is 1. The molecule has 0 radical (unpaired) electrons. The van der Waals surface area contributed by atoms with Crippen LogP contribution < -0.4 is 14.4 Å². The van der Waals surface area contributed by atoms with Gasteiger partial charge in [-0.25, -0.2) is 9.18 Å². The molecule has 0 spiro atoms. The smallest absolute Gasteiger partial charge is 0.341 e. The normalized spacial score (nSPS) is 13.9. The van der Waals surface area contributed by atoms with E-state index in [0.29, 0.717) is 23.7 Å². The first-order valence-corrected chi connectivity index (χ1v) is 12.3. The third-order valence-corrected chi connectivity index (χ3v) is 6.00. The Morgan fingerprint density at radius 3 is 2.42 bits per heavy atom.